The van der Waals surface area contributed by atoms with Gasteiger partial charge in [-0.05, 0) is 36.2 Å². The molecule has 0 aromatic heterocycles. The van der Waals surface area contributed by atoms with Gasteiger partial charge in [0.25, 0.3) is 0 Å². The van der Waals surface area contributed by atoms with E-state index in [1.54, 1.807) is 12.0 Å². The van der Waals surface area contributed by atoms with E-state index in [1.165, 1.54) is 5.56 Å². The molecule has 2 aromatic carbocycles. The van der Waals surface area contributed by atoms with Crippen LogP contribution in [0.5, 0.6) is 5.75 Å². The van der Waals surface area contributed by atoms with E-state index in [0.717, 1.165) is 17.9 Å². The maximum atomic E-state index is 12.3. The van der Waals surface area contributed by atoms with E-state index in [9.17, 15) is 9.59 Å². The fourth-order valence-electron chi connectivity index (χ4n) is 3.19. The predicted molar refractivity (Wildman–Crippen MR) is 105 cm³/mol. The first-order valence-corrected chi connectivity index (χ1v) is 9.16. The highest BCUT2D eigenvalue weighted by molar-refractivity contribution is 5.95. The number of rotatable bonds is 7. The fraction of sp³-hybridized carbons (Fsp3) is 0.333. The minimum Gasteiger partial charge on any atom is -0.497 e. The Hall–Kier alpha value is -3.02. The molecule has 0 spiro atoms. The normalized spacial score (nSPS) is 16.3. The van der Waals surface area contributed by atoms with Crippen LogP contribution in [-0.2, 0) is 11.2 Å². The summed E-state index contributed by atoms with van der Waals surface area (Å²) in [5, 5.41) is 5.73. The van der Waals surface area contributed by atoms with E-state index in [4.69, 9.17) is 4.74 Å². The molecule has 1 heterocycles. The number of methoxy groups -OCH3 is 1. The summed E-state index contributed by atoms with van der Waals surface area (Å²) in [5.74, 6) is 0.951. The summed E-state index contributed by atoms with van der Waals surface area (Å²) in [4.78, 5) is 26.0. The number of carbonyl (C=O) groups is 2. The highest BCUT2D eigenvalue weighted by Crippen LogP contribution is 2.26. The number of carbonyl (C=O) groups excluding carboxylic acids is 2. The zero-order chi connectivity index (χ0) is 19.1. The van der Waals surface area contributed by atoms with Crippen molar-refractivity contribution in [2.24, 2.45) is 5.92 Å². The van der Waals surface area contributed by atoms with E-state index in [-0.39, 0.29) is 17.9 Å². The second-order valence-electron chi connectivity index (χ2n) is 6.64. The van der Waals surface area contributed by atoms with Crippen molar-refractivity contribution in [1.29, 1.82) is 0 Å². The van der Waals surface area contributed by atoms with Crippen molar-refractivity contribution >= 4 is 17.6 Å². The summed E-state index contributed by atoms with van der Waals surface area (Å²) in [7, 11) is 1.61. The van der Waals surface area contributed by atoms with Gasteiger partial charge in [0.15, 0.2) is 0 Å². The standard InChI is InChI=1S/C21H25N3O3/c1-27-19-9-7-18(8-10-19)24-15-17(13-20(24)25)14-23-21(26)22-12-11-16-5-3-2-4-6-16/h2-10,17H,11-15H2,1H3,(H2,22,23,26)/t17-/m0/s1. The molecule has 6 heteroatoms. The number of anilines is 1. The third kappa shape index (κ3) is 5.23. The molecule has 0 saturated carbocycles. The number of hydrogen-bond acceptors (Lipinski definition) is 3. The molecule has 0 radical (unpaired) electrons. The van der Waals surface area contributed by atoms with Crippen LogP contribution in [0.25, 0.3) is 0 Å². The predicted octanol–water partition coefficient (Wildman–Crippen LogP) is 2.59. The van der Waals surface area contributed by atoms with Gasteiger partial charge in [0.05, 0.1) is 7.11 Å². The van der Waals surface area contributed by atoms with Crippen LogP contribution in [0.15, 0.2) is 54.6 Å². The summed E-state index contributed by atoms with van der Waals surface area (Å²) >= 11 is 0. The first-order chi connectivity index (χ1) is 13.2. The van der Waals surface area contributed by atoms with Crippen LogP contribution in [0.2, 0.25) is 0 Å². The topological polar surface area (TPSA) is 70.7 Å². The molecule has 1 aliphatic heterocycles. The summed E-state index contributed by atoms with van der Waals surface area (Å²) in [6.45, 7) is 1.67. The number of nitrogens with one attached hydrogen (secondary N) is 2. The molecule has 2 N–H and O–H groups in total. The number of ether oxygens (including phenoxy) is 1. The van der Waals surface area contributed by atoms with Crippen LogP contribution in [0.4, 0.5) is 10.5 Å². The van der Waals surface area contributed by atoms with E-state index in [2.05, 4.69) is 10.6 Å². The van der Waals surface area contributed by atoms with Gasteiger partial charge in [-0.25, -0.2) is 4.79 Å². The maximum Gasteiger partial charge on any atom is 0.314 e. The van der Waals surface area contributed by atoms with Crippen LogP contribution < -0.4 is 20.3 Å². The second-order valence-corrected chi connectivity index (χ2v) is 6.64. The maximum absolute atomic E-state index is 12.3. The van der Waals surface area contributed by atoms with Gasteiger partial charge in [-0.1, -0.05) is 30.3 Å². The zero-order valence-electron chi connectivity index (χ0n) is 15.5. The Bertz CT molecular complexity index is 762. The second kappa shape index (κ2) is 9.07. The Morgan fingerprint density at radius 2 is 1.85 bits per heavy atom. The molecule has 2 aromatic rings. The van der Waals surface area contributed by atoms with E-state index >= 15 is 0 Å². The largest absolute Gasteiger partial charge is 0.497 e. The smallest absolute Gasteiger partial charge is 0.314 e. The van der Waals surface area contributed by atoms with Crippen molar-refractivity contribution in [2.75, 3.05) is 31.6 Å². The third-order valence-corrected chi connectivity index (χ3v) is 4.68. The lowest BCUT2D eigenvalue weighted by atomic mass is 10.1. The average Bonchev–Trinajstić information content (AvgIpc) is 3.08. The Morgan fingerprint density at radius 3 is 2.56 bits per heavy atom. The molecule has 1 atom stereocenters. The van der Waals surface area contributed by atoms with Gasteiger partial charge in [0, 0.05) is 37.7 Å². The van der Waals surface area contributed by atoms with Crippen molar-refractivity contribution in [1.82, 2.24) is 10.6 Å². The SMILES string of the molecule is COc1ccc(N2C[C@H](CNC(=O)NCCc3ccccc3)CC2=O)cc1. The lowest BCUT2D eigenvalue weighted by Gasteiger charge is -2.17. The van der Waals surface area contributed by atoms with Gasteiger partial charge in [-0.15, -0.1) is 0 Å². The summed E-state index contributed by atoms with van der Waals surface area (Å²) in [6.07, 6.45) is 1.23. The number of nitrogens with zero attached hydrogens (tertiary/aromatic N) is 1. The summed E-state index contributed by atoms with van der Waals surface area (Å²) < 4.78 is 5.15. The van der Waals surface area contributed by atoms with Crippen molar-refractivity contribution in [3.05, 3.63) is 60.2 Å². The Labute approximate surface area is 159 Å². The van der Waals surface area contributed by atoms with Crippen LogP contribution in [0.1, 0.15) is 12.0 Å². The number of urea groups is 1. The van der Waals surface area contributed by atoms with Gasteiger partial charge in [-0.2, -0.15) is 0 Å². The van der Waals surface area contributed by atoms with Gasteiger partial charge in [0.1, 0.15) is 5.75 Å². The van der Waals surface area contributed by atoms with Gasteiger partial charge in [0.2, 0.25) is 5.91 Å². The van der Waals surface area contributed by atoms with Gasteiger partial charge >= 0.3 is 6.03 Å². The van der Waals surface area contributed by atoms with Crippen molar-refractivity contribution in [3.63, 3.8) is 0 Å². The van der Waals surface area contributed by atoms with Crippen molar-refractivity contribution in [2.45, 2.75) is 12.8 Å². The molecule has 3 amide bonds. The van der Waals surface area contributed by atoms with Crippen LogP contribution in [0.3, 0.4) is 0 Å². The molecule has 6 nitrogen and oxygen atoms in total. The lowest BCUT2D eigenvalue weighted by molar-refractivity contribution is -0.117. The van der Waals surface area contributed by atoms with Crippen LogP contribution >= 0.6 is 0 Å². The molecule has 3 rings (SSSR count). The molecule has 27 heavy (non-hydrogen) atoms. The average molecular weight is 367 g/mol. The van der Waals surface area contributed by atoms with Gasteiger partial charge in [-0.3, -0.25) is 4.79 Å². The quantitative estimate of drug-likeness (QED) is 0.790. The molecule has 142 valence electrons. The highest BCUT2D eigenvalue weighted by Gasteiger charge is 2.30. The molecule has 0 bridgehead atoms. The first-order valence-electron chi connectivity index (χ1n) is 9.16. The molecule has 0 unspecified atom stereocenters. The zero-order valence-corrected chi connectivity index (χ0v) is 15.5. The van der Waals surface area contributed by atoms with E-state index < -0.39 is 0 Å². The molecular weight excluding hydrogens is 342 g/mol. The molecule has 1 fully saturated rings. The molecule has 1 saturated heterocycles. The van der Waals surface area contributed by atoms with Crippen LogP contribution in [0, 0.1) is 5.92 Å². The minimum absolute atomic E-state index is 0.0800. The summed E-state index contributed by atoms with van der Waals surface area (Å²) in [5.41, 5.74) is 2.05. The Morgan fingerprint density at radius 1 is 1.11 bits per heavy atom. The first kappa shape index (κ1) is 18.8. The Kier molecular flexibility index (Phi) is 6.30. The Balaban J connectivity index is 1.40. The summed E-state index contributed by atoms with van der Waals surface area (Å²) in [6, 6.07) is 17.3. The molecular formula is C21H25N3O3. The van der Waals surface area contributed by atoms with E-state index in [1.807, 2.05) is 54.6 Å². The monoisotopic (exact) mass is 367 g/mol. The number of hydrogen-bond donors (Lipinski definition) is 2. The van der Waals surface area contributed by atoms with Crippen molar-refractivity contribution in [3.8, 4) is 5.75 Å². The van der Waals surface area contributed by atoms with Crippen LogP contribution in [-0.4, -0.2) is 38.7 Å². The molecule has 0 aliphatic carbocycles. The number of amides is 3. The van der Waals surface area contributed by atoms with Crippen molar-refractivity contribution < 1.29 is 14.3 Å². The fourth-order valence-corrected chi connectivity index (χ4v) is 3.19. The number of benzene rings is 2. The minimum atomic E-state index is -0.193. The third-order valence-electron chi connectivity index (χ3n) is 4.68. The van der Waals surface area contributed by atoms with E-state index in [0.29, 0.717) is 26.1 Å². The molecule has 1 aliphatic rings. The highest BCUT2D eigenvalue weighted by atomic mass is 16.5. The van der Waals surface area contributed by atoms with Gasteiger partial charge < -0.3 is 20.3 Å². The lowest BCUT2D eigenvalue weighted by Crippen LogP contribution is -2.39.